The summed E-state index contributed by atoms with van der Waals surface area (Å²) in [4.78, 5) is 6.17. The summed E-state index contributed by atoms with van der Waals surface area (Å²) in [6, 6.07) is 9.13. The highest BCUT2D eigenvalue weighted by Gasteiger charge is 2.21. The van der Waals surface area contributed by atoms with Crippen molar-refractivity contribution in [3.63, 3.8) is 0 Å². The number of rotatable bonds is 2. The van der Waals surface area contributed by atoms with Crippen LogP contribution in [0.15, 0.2) is 24.3 Å². The molecule has 3 rings (SSSR count). The summed E-state index contributed by atoms with van der Waals surface area (Å²) in [7, 11) is 0. The van der Waals surface area contributed by atoms with Crippen LogP contribution in [0.4, 0.5) is 0 Å². The quantitative estimate of drug-likeness (QED) is 0.885. The highest BCUT2D eigenvalue weighted by Crippen LogP contribution is 2.33. The number of hydrogen-bond acceptors (Lipinski definition) is 3. The van der Waals surface area contributed by atoms with E-state index in [0.29, 0.717) is 6.04 Å². The van der Waals surface area contributed by atoms with E-state index < -0.39 is 0 Å². The predicted octanol–water partition coefficient (Wildman–Crippen LogP) is 3.85. The highest BCUT2D eigenvalue weighted by molar-refractivity contribution is 7.12. The van der Waals surface area contributed by atoms with Crippen molar-refractivity contribution in [3.8, 4) is 11.3 Å². The molecule has 18 heavy (non-hydrogen) atoms. The van der Waals surface area contributed by atoms with Gasteiger partial charge in [0.05, 0.1) is 11.7 Å². The van der Waals surface area contributed by atoms with Crippen LogP contribution in [0.1, 0.15) is 34.3 Å². The van der Waals surface area contributed by atoms with E-state index in [1.54, 1.807) is 0 Å². The van der Waals surface area contributed by atoms with Crippen molar-refractivity contribution in [3.05, 3.63) is 39.7 Å². The molecule has 1 aliphatic rings. The van der Waals surface area contributed by atoms with Crippen LogP contribution in [0.25, 0.3) is 11.3 Å². The Hall–Kier alpha value is -1.19. The maximum Gasteiger partial charge on any atom is 0.111 e. The van der Waals surface area contributed by atoms with Crippen molar-refractivity contribution in [2.24, 2.45) is 0 Å². The van der Waals surface area contributed by atoms with Gasteiger partial charge in [-0.05, 0) is 33.2 Å². The zero-order chi connectivity index (χ0) is 12.5. The third kappa shape index (κ3) is 2.20. The molecule has 1 fully saturated rings. The Morgan fingerprint density at radius 3 is 2.67 bits per heavy atom. The molecule has 1 unspecified atom stereocenters. The van der Waals surface area contributed by atoms with Crippen LogP contribution in [0.3, 0.4) is 0 Å². The van der Waals surface area contributed by atoms with Gasteiger partial charge in [-0.1, -0.05) is 29.8 Å². The molecule has 1 aliphatic heterocycles. The van der Waals surface area contributed by atoms with Crippen LogP contribution in [-0.4, -0.2) is 11.5 Å². The summed E-state index contributed by atoms with van der Waals surface area (Å²) in [5.41, 5.74) is 3.69. The number of aromatic nitrogens is 1. The lowest BCUT2D eigenvalue weighted by Crippen LogP contribution is -2.12. The van der Waals surface area contributed by atoms with E-state index in [9.17, 15) is 0 Å². The van der Waals surface area contributed by atoms with Gasteiger partial charge in [-0.3, -0.25) is 0 Å². The molecule has 2 heterocycles. The monoisotopic (exact) mass is 258 g/mol. The summed E-state index contributed by atoms with van der Waals surface area (Å²) in [5, 5.41) is 4.77. The van der Waals surface area contributed by atoms with Crippen molar-refractivity contribution in [1.29, 1.82) is 0 Å². The Kier molecular flexibility index (Phi) is 3.18. The summed E-state index contributed by atoms with van der Waals surface area (Å²) < 4.78 is 0. The van der Waals surface area contributed by atoms with Gasteiger partial charge in [-0.15, -0.1) is 11.3 Å². The fourth-order valence-electron chi connectivity index (χ4n) is 2.44. The third-order valence-corrected chi connectivity index (χ3v) is 4.58. The van der Waals surface area contributed by atoms with Crippen molar-refractivity contribution < 1.29 is 0 Å². The molecule has 2 nitrogen and oxygen atoms in total. The third-order valence-electron chi connectivity index (χ3n) is 3.50. The SMILES string of the molecule is Cc1ccc(-c2nc(C3CCCN3)sc2C)cc1. The Morgan fingerprint density at radius 2 is 2.00 bits per heavy atom. The van der Waals surface area contributed by atoms with Crippen molar-refractivity contribution in [1.82, 2.24) is 10.3 Å². The Morgan fingerprint density at radius 1 is 1.22 bits per heavy atom. The lowest BCUT2D eigenvalue weighted by atomic mass is 10.1. The number of thiazole rings is 1. The molecule has 1 aromatic heterocycles. The van der Waals surface area contributed by atoms with E-state index in [4.69, 9.17) is 4.98 Å². The van der Waals surface area contributed by atoms with E-state index in [1.807, 2.05) is 11.3 Å². The highest BCUT2D eigenvalue weighted by atomic mass is 32.1. The fraction of sp³-hybridized carbons (Fsp3) is 0.400. The average molecular weight is 258 g/mol. The number of hydrogen-bond donors (Lipinski definition) is 1. The average Bonchev–Trinajstić information content (AvgIpc) is 2.99. The number of benzene rings is 1. The molecule has 1 N–H and O–H groups in total. The lowest BCUT2D eigenvalue weighted by molar-refractivity contribution is 0.643. The van der Waals surface area contributed by atoms with E-state index in [-0.39, 0.29) is 0 Å². The van der Waals surface area contributed by atoms with Gasteiger partial charge in [0.15, 0.2) is 0 Å². The molecule has 0 bridgehead atoms. The molecule has 0 saturated carbocycles. The first kappa shape index (κ1) is 11.9. The second kappa shape index (κ2) is 4.82. The van der Waals surface area contributed by atoms with Crippen LogP contribution in [-0.2, 0) is 0 Å². The zero-order valence-corrected chi connectivity index (χ0v) is 11.7. The van der Waals surface area contributed by atoms with Gasteiger partial charge in [0.2, 0.25) is 0 Å². The van der Waals surface area contributed by atoms with Gasteiger partial charge >= 0.3 is 0 Å². The predicted molar refractivity (Wildman–Crippen MR) is 77.0 cm³/mol. The maximum absolute atomic E-state index is 4.85. The molecule has 0 radical (unpaired) electrons. The molecule has 0 amide bonds. The topological polar surface area (TPSA) is 24.9 Å². The largest absolute Gasteiger partial charge is 0.308 e. The van der Waals surface area contributed by atoms with Gasteiger partial charge in [0.1, 0.15) is 5.01 Å². The summed E-state index contributed by atoms with van der Waals surface area (Å²) >= 11 is 1.84. The minimum atomic E-state index is 0.480. The van der Waals surface area contributed by atoms with Crippen LogP contribution >= 0.6 is 11.3 Å². The molecular formula is C15H18N2S. The van der Waals surface area contributed by atoms with E-state index in [0.717, 1.165) is 12.2 Å². The van der Waals surface area contributed by atoms with E-state index in [2.05, 4.69) is 43.4 Å². The Labute approximate surface area is 112 Å². The second-order valence-electron chi connectivity index (χ2n) is 4.97. The fourth-order valence-corrected chi connectivity index (χ4v) is 3.49. The molecule has 2 aromatic rings. The summed E-state index contributed by atoms with van der Waals surface area (Å²) in [5.74, 6) is 0. The minimum Gasteiger partial charge on any atom is -0.308 e. The smallest absolute Gasteiger partial charge is 0.111 e. The summed E-state index contributed by atoms with van der Waals surface area (Å²) in [6.07, 6.45) is 2.49. The van der Waals surface area contributed by atoms with Crippen LogP contribution in [0, 0.1) is 13.8 Å². The van der Waals surface area contributed by atoms with E-state index >= 15 is 0 Å². The number of aryl methyl sites for hydroxylation is 2. The van der Waals surface area contributed by atoms with Crippen LogP contribution < -0.4 is 5.32 Å². The number of nitrogens with one attached hydrogen (secondary N) is 1. The first-order valence-corrected chi connectivity index (χ1v) is 7.33. The molecule has 0 spiro atoms. The molecule has 94 valence electrons. The van der Waals surface area contributed by atoms with Crippen molar-refractivity contribution in [2.75, 3.05) is 6.54 Å². The zero-order valence-electron chi connectivity index (χ0n) is 10.9. The Bertz CT molecular complexity index is 536. The standard InChI is InChI=1S/C15H18N2S/c1-10-5-7-12(8-6-10)14-11(2)18-15(17-14)13-4-3-9-16-13/h5-8,13,16H,3-4,9H2,1-2H3. The van der Waals surface area contributed by atoms with Gasteiger partial charge in [0, 0.05) is 10.4 Å². The first-order valence-electron chi connectivity index (χ1n) is 6.52. The van der Waals surface area contributed by atoms with Gasteiger partial charge in [-0.2, -0.15) is 0 Å². The Balaban J connectivity index is 1.94. The van der Waals surface area contributed by atoms with Crippen molar-refractivity contribution in [2.45, 2.75) is 32.7 Å². The summed E-state index contributed by atoms with van der Waals surface area (Å²) in [6.45, 7) is 5.42. The van der Waals surface area contributed by atoms with E-state index in [1.165, 1.54) is 33.9 Å². The lowest BCUT2D eigenvalue weighted by Gasteiger charge is -2.04. The second-order valence-corrected chi connectivity index (χ2v) is 6.21. The van der Waals surface area contributed by atoms with Gasteiger partial charge in [-0.25, -0.2) is 4.98 Å². The first-order chi connectivity index (χ1) is 8.74. The number of nitrogens with zero attached hydrogens (tertiary/aromatic N) is 1. The molecule has 1 aromatic carbocycles. The van der Waals surface area contributed by atoms with Crippen LogP contribution in [0.5, 0.6) is 0 Å². The molecule has 1 atom stereocenters. The molecule has 1 saturated heterocycles. The minimum absolute atomic E-state index is 0.480. The van der Waals surface area contributed by atoms with Gasteiger partial charge < -0.3 is 5.32 Å². The van der Waals surface area contributed by atoms with Crippen molar-refractivity contribution >= 4 is 11.3 Å². The maximum atomic E-state index is 4.85. The van der Waals surface area contributed by atoms with Gasteiger partial charge in [0.25, 0.3) is 0 Å². The normalized spacial score (nSPS) is 19.3. The molecule has 0 aliphatic carbocycles. The molecule has 3 heteroatoms. The molecular weight excluding hydrogens is 240 g/mol. The van der Waals surface area contributed by atoms with Crippen LogP contribution in [0.2, 0.25) is 0 Å².